The zero-order valence-electron chi connectivity index (χ0n) is 10.7. The second-order valence-corrected chi connectivity index (χ2v) is 5.73. The van der Waals surface area contributed by atoms with Crippen molar-refractivity contribution in [3.8, 4) is 6.07 Å². The molecule has 0 radical (unpaired) electrons. The second-order valence-electron chi connectivity index (χ2n) is 4.77. The fourth-order valence-electron chi connectivity index (χ4n) is 2.46. The molecule has 4 N–H and O–H groups in total. The molecule has 10 heteroatoms. The highest BCUT2D eigenvalue weighted by Crippen LogP contribution is 2.32. The number of nitrogens with two attached hydrogens (primary N) is 1. The minimum Gasteiger partial charge on any atom is -0.394 e. The Kier molecular flexibility index (Phi) is 3.05. The molecule has 1 saturated heterocycles. The van der Waals surface area contributed by atoms with Crippen LogP contribution in [0.5, 0.6) is 0 Å². The van der Waals surface area contributed by atoms with E-state index < -0.39 is 22.1 Å². The topological polar surface area (TPSA) is 147 Å². The van der Waals surface area contributed by atoms with Gasteiger partial charge in [-0.2, -0.15) is 10.2 Å². The lowest BCUT2D eigenvalue weighted by Gasteiger charge is -2.20. The van der Waals surface area contributed by atoms with Gasteiger partial charge in [0.15, 0.2) is 11.2 Å². The van der Waals surface area contributed by atoms with Gasteiger partial charge >= 0.3 is 4.87 Å². The van der Waals surface area contributed by atoms with E-state index >= 15 is 0 Å². The van der Waals surface area contributed by atoms with Crippen LogP contribution in [-0.2, 0) is 10.3 Å². The molecular weight excluding hydrogens is 298 g/mol. The maximum Gasteiger partial charge on any atom is 0.311 e. The summed E-state index contributed by atoms with van der Waals surface area (Å²) >= 11 is 0.700. The Morgan fingerprint density at radius 3 is 3.05 bits per heavy atom. The van der Waals surface area contributed by atoms with Gasteiger partial charge in [-0.15, -0.1) is 0 Å². The van der Waals surface area contributed by atoms with Crippen molar-refractivity contribution in [2.75, 3.05) is 18.9 Å². The molecule has 3 heterocycles. The number of thiazole rings is 1. The van der Waals surface area contributed by atoms with Crippen molar-refractivity contribution < 1.29 is 9.84 Å². The van der Waals surface area contributed by atoms with Gasteiger partial charge in [0, 0.05) is 6.42 Å². The molecule has 0 aromatic carbocycles. The molecule has 0 amide bonds. The quantitative estimate of drug-likeness (QED) is 0.626. The zero-order valence-corrected chi connectivity index (χ0v) is 11.5. The van der Waals surface area contributed by atoms with Crippen LogP contribution < -0.4 is 16.2 Å². The highest BCUT2D eigenvalue weighted by molar-refractivity contribution is 7.16. The van der Waals surface area contributed by atoms with Crippen LogP contribution >= 0.6 is 11.3 Å². The summed E-state index contributed by atoms with van der Waals surface area (Å²) in [6.07, 6.45) is -0.397. The van der Waals surface area contributed by atoms with Crippen LogP contribution in [0.3, 0.4) is 0 Å². The van der Waals surface area contributed by atoms with E-state index in [1.54, 1.807) is 0 Å². The number of hydrogen-bond acceptors (Lipinski definition) is 8. The second kappa shape index (κ2) is 4.66. The normalized spacial score (nSPS) is 25.2. The summed E-state index contributed by atoms with van der Waals surface area (Å²) in [4.78, 5) is 29.8. The first-order valence-electron chi connectivity index (χ1n) is 6.06. The fourth-order valence-corrected chi connectivity index (χ4v) is 3.36. The third-order valence-corrected chi connectivity index (χ3v) is 4.35. The van der Waals surface area contributed by atoms with Crippen molar-refractivity contribution in [3.63, 3.8) is 0 Å². The minimum atomic E-state index is -1.30. The van der Waals surface area contributed by atoms with E-state index in [4.69, 9.17) is 15.6 Å². The molecule has 3 rings (SSSR count). The monoisotopic (exact) mass is 309 g/mol. The molecule has 2 aromatic rings. The summed E-state index contributed by atoms with van der Waals surface area (Å²) in [5, 5.41) is 18.7. The van der Waals surface area contributed by atoms with Gasteiger partial charge in [0.2, 0.25) is 5.95 Å². The van der Waals surface area contributed by atoms with Crippen molar-refractivity contribution in [2.45, 2.75) is 18.1 Å². The Labute approximate surface area is 121 Å². The van der Waals surface area contributed by atoms with E-state index in [1.165, 1.54) is 0 Å². The lowest BCUT2D eigenvalue weighted by molar-refractivity contribution is 0.0557. The summed E-state index contributed by atoms with van der Waals surface area (Å²) in [5.74, 6) is -0.134. The zero-order chi connectivity index (χ0) is 15.2. The van der Waals surface area contributed by atoms with E-state index in [-0.39, 0.29) is 35.9 Å². The van der Waals surface area contributed by atoms with Crippen molar-refractivity contribution in [1.29, 1.82) is 5.26 Å². The third kappa shape index (κ3) is 1.94. The van der Waals surface area contributed by atoms with Gasteiger partial charge in [-0.1, -0.05) is 11.3 Å². The van der Waals surface area contributed by atoms with E-state index in [9.17, 15) is 14.9 Å². The molecule has 0 unspecified atom stereocenters. The summed E-state index contributed by atoms with van der Waals surface area (Å²) in [7, 11) is 0. The number of rotatable bonds is 2. The number of nitrogens with zero attached hydrogens (tertiary/aromatic N) is 3. The molecule has 1 aliphatic heterocycles. The first kappa shape index (κ1) is 13.7. The lowest BCUT2D eigenvalue weighted by atomic mass is 9.97. The Morgan fingerprint density at radius 1 is 1.67 bits per heavy atom. The summed E-state index contributed by atoms with van der Waals surface area (Å²) in [6.45, 7) is -0.314. The number of nitrogen functional groups attached to an aromatic ring is 1. The Morgan fingerprint density at radius 2 is 2.43 bits per heavy atom. The molecule has 0 saturated carbocycles. The summed E-state index contributed by atoms with van der Waals surface area (Å²) < 4.78 is 6.58. The number of anilines is 1. The number of aliphatic hydroxyl groups is 1. The number of nitriles is 1. The van der Waals surface area contributed by atoms with Crippen LogP contribution in [0.25, 0.3) is 10.3 Å². The molecule has 1 aliphatic rings. The third-order valence-electron chi connectivity index (χ3n) is 3.42. The standard InChI is InChI=1S/C11H11N5O4S/c12-3-11(1-5(2-17)20-4-11)16-7-6(21-10(16)19)8(18)15-9(13)14-7/h5,17H,1-2,4H2,(H3,13,14,15,18)/t5-,11+/m0/s1. The number of nitrogens with one attached hydrogen (secondary N) is 1. The van der Waals surface area contributed by atoms with Crippen molar-refractivity contribution in [2.24, 2.45) is 0 Å². The smallest absolute Gasteiger partial charge is 0.311 e. The highest BCUT2D eigenvalue weighted by Gasteiger charge is 2.44. The van der Waals surface area contributed by atoms with Crippen molar-refractivity contribution in [3.05, 3.63) is 20.0 Å². The predicted octanol–water partition coefficient (Wildman–Crippen LogP) is -1.27. The Bertz CT molecular complexity index is 862. The van der Waals surface area contributed by atoms with Gasteiger partial charge in [0.05, 0.1) is 25.4 Å². The largest absolute Gasteiger partial charge is 0.394 e. The van der Waals surface area contributed by atoms with Gasteiger partial charge < -0.3 is 15.6 Å². The van der Waals surface area contributed by atoms with Crippen LogP contribution in [0.1, 0.15) is 6.42 Å². The van der Waals surface area contributed by atoms with Crippen molar-refractivity contribution in [1.82, 2.24) is 14.5 Å². The number of ether oxygens (including phenoxy) is 1. The van der Waals surface area contributed by atoms with Gasteiger partial charge in [-0.05, 0) is 0 Å². The Hall–Kier alpha value is -2.22. The first-order chi connectivity index (χ1) is 10.0. The van der Waals surface area contributed by atoms with Gasteiger partial charge in [0.25, 0.3) is 5.56 Å². The van der Waals surface area contributed by atoms with Gasteiger partial charge in [-0.3, -0.25) is 19.1 Å². The molecule has 0 bridgehead atoms. The van der Waals surface area contributed by atoms with Crippen LogP contribution in [0.15, 0.2) is 9.59 Å². The minimum absolute atomic E-state index is 0.0607. The van der Waals surface area contributed by atoms with E-state index in [0.29, 0.717) is 11.3 Å². The average molecular weight is 309 g/mol. The van der Waals surface area contributed by atoms with Crippen LogP contribution in [-0.4, -0.2) is 39.0 Å². The van der Waals surface area contributed by atoms with Gasteiger partial charge in [-0.25, -0.2) is 0 Å². The molecule has 0 spiro atoms. The number of H-pyrrole nitrogens is 1. The van der Waals surface area contributed by atoms with Crippen molar-refractivity contribution >= 4 is 27.6 Å². The van der Waals surface area contributed by atoms with Crippen LogP contribution in [0, 0.1) is 11.3 Å². The van der Waals surface area contributed by atoms with Gasteiger partial charge in [0.1, 0.15) is 4.70 Å². The van der Waals surface area contributed by atoms with E-state index in [1.807, 2.05) is 0 Å². The fraction of sp³-hybridized carbons (Fsp3) is 0.455. The van der Waals surface area contributed by atoms with Crippen LogP contribution in [0.2, 0.25) is 0 Å². The summed E-state index contributed by atoms with van der Waals surface area (Å²) in [6, 6.07) is 2.06. The van der Waals surface area contributed by atoms with E-state index in [2.05, 4.69) is 16.0 Å². The molecule has 2 aromatic heterocycles. The summed E-state index contributed by atoms with van der Waals surface area (Å²) in [5.41, 5.74) is 3.75. The lowest BCUT2D eigenvalue weighted by Crippen LogP contribution is -2.39. The molecule has 1 fully saturated rings. The Balaban J connectivity index is 2.30. The van der Waals surface area contributed by atoms with Crippen LogP contribution in [0.4, 0.5) is 5.95 Å². The molecule has 21 heavy (non-hydrogen) atoms. The molecule has 110 valence electrons. The molecule has 9 nitrogen and oxygen atoms in total. The maximum absolute atomic E-state index is 12.2. The maximum atomic E-state index is 12.2. The molecule has 2 atom stereocenters. The number of aromatic nitrogens is 3. The first-order valence-corrected chi connectivity index (χ1v) is 6.88. The average Bonchev–Trinajstić information content (AvgIpc) is 3.00. The molecule has 0 aliphatic carbocycles. The SMILES string of the molecule is N#C[C@@]1(n2c(=O)sc3c(=O)[nH]c(N)nc32)CO[C@H](CO)C1. The molecular formula is C11H11N5O4S. The number of hydrogen-bond donors (Lipinski definition) is 3. The number of fused-ring (bicyclic) bond motifs is 1. The number of aliphatic hydroxyl groups excluding tert-OH is 1. The highest BCUT2D eigenvalue weighted by atomic mass is 32.1. The number of aromatic amines is 1. The van der Waals surface area contributed by atoms with E-state index in [0.717, 1.165) is 4.57 Å². The predicted molar refractivity (Wildman–Crippen MR) is 73.9 cm³/mol.